The zero-order valence-corrected chi connectivity index (χ0v) is 15.9. The Hall–Kier alpha value is -2.09. The lowest BCUT2D eigenvalue weighted by molar-refractivity contribution is 0.0600. The number of anilines is 1. The van der Waals surface area contributed by atoms with E-state index in [4.69, 9.17) is 5.26 Å². The molecule has 132 valence electrons. The largest absolute Gasteiger partial charge is 0.465 e. The van der Waals surface area contributed by atoms with Gasteiger partial charge in [0.05, 0.1) is 40.2 Å². The molecule has 0 fully saturated rings. The lowest BCUT2D eigenvalue weighted by atomic mass is 10.1. The highest BCUT2D eigenvalue weighted by molar-refractivity contribution is 8.01. The molecule has 7 nitrogen and oxygen atoms in total. The number of sulfonamides is 1. The Kier molecular flexibility index (Phi) is 6.41. The number of carbonyl (C=O) groups is 1. The van der Waals surface area contributed by atoms with Crippen molar-refractivity contribution in [1.29, 1.82) is 5.26 Å². The highest BCUT2D eigenvalue weighted by atomic mass is 32.2. The maximum atomic E-state index is 12.3. The Morgan fingerprint density at radius 1 is 1.48 bits per heavy atom. The minimum Gasteiger partial charge on any atom is -0.465 e. The Morgan fingerprint density at radius 2 is 2.24 bits per heavy atom. The Bertz CT molecular complexity index is 916. The quantitative estimate of drug-likeness (QED) is 0.565. The molecule has 0 saturated carbocycles. The van der Waals surface area contributed by atoms with Crippen LogP contribution in [0.2, 0.25) is 0 Å². The molecule has 10 heteroatoms. The average Bonchev–Trinajstić information content (AvgIpc) is 2.90. The average molecular weight is 398 g/mol. The zero-order valence-electron chi connectivity index (χ0n) is 13.5. The van der Waals surface area contributed by atoms with Gasteiger partial charge in [-0.2, -0.15) is 5.26 Å². The van der Waals surface area contributed by atoms with Gasteiger partial charge in [-0.1, -0.05) is 35.2 Å². The van der Waals surface area contributed by atoms with Gasteiger partial charge in [-0.25, -0.2) is 18.2 Å². The van der Waals surface area contributed by atoms with Crippen LogP contribution in [0.15, 0.2) is 28.5 Å². The van der Waals surface area contributed by atoms with Gasteiger partial charge in [0.25, 0.3) is 0 Å². The number of aromatic nitrogens is 1. The number of hydrogen-bond acceptors (Lipinski definition) is 8. The van der Waals surface area contributed by atoms with E-state index in [9.17, 15) is 13.2 Å². The van der Waals surface area contributed by atoms with E-state index in [2.05, 4.69) is 14.4 Å². The Balaban J connectivity index is 2.12. The van der Waals surface area contributed by atoms with Crippen LogP contribution in [-0.4, -0.2) is 32.2 Å². The summed E-state index contributed by atoms with van der Waals surface area (Å²) in [6.07, 6.45) is 0. The van der Waals surface area contributed by atoms with Crippen LogP contribution < -0.4 is 4.72 Å². The number of methoxy groups -OCH3 is 1. The first kappa shape index (κ1) is 19.2. The molecule has 0 unspecified atom stereocenters. The van der Waals surface area contributed by atoms with E-state index in [1.165, 1.54) is 36.3 Å². The number of aryl methyl sites for hydroxylation is 1. The van der Waals surface area contributed by atoms with Gasteiger partial charge >= 0.3 is 5.97 Å². The summed E-state index contributed by atoms with van der Waals surface area (Å²) in [4.78, 5) is 15.7. The van der Waals surface area contributed by atoms with Crippen LogP contribution in [0.1, 0.15) is 21.6 Å². The van der Waals surface area contributed by atoms with Crippen LogP contribution >= 0.6 is 23.1 Å². The number of benzene rings is 1. The van der Waals surface area contributed by atoms with Crippen molar-refractivity contribution in [2.45, 2.75) is 16.9 Å². The van der Waals surface area contributed by atoms with E-state index in [1.807, 2.05) is 6.07 Å². The smallest absolute Gasteiger partial charge is 0.337 e. The molecule has 0 aliphatic carbocycles. The van der Waals surface area contributed by atoms with Crippen molar-refractivity contribution < 1.29 is 17.9 Å². The topological polar surface area (TPSA) is 109 Å². The second kappa shape index (κ2) is 8.33. The van der Waals surface area contributed by atoms with Crippen molar-refractivity contribution in [3.05, 3.63) is 41.1 Å². The van der Waals surface area contributed by atoms with Gasteiger partial charge in [0.15, 0.2) is 5.13 Å². The molecule has 25 heavy (non-hydrogen) atoms. The third-order valence-electron chi connectivity index (χ3n) is 2.97. The molecule has 0 aliphatic rings. The number of ether oxygens (including phenoxy) is 1. The van der Waals surface area contributed by atoms with Gasteiger partial charge in [-0.05, 0) is 24.6 Å². The number of carbonyl (C=O) groups excluding carboxylic acids is 1. The van der Waals surface area contributed by atoms with Crippen LogP contribution in [0, 0.1) is 18.3 Å². The van der Waals surface area contributed by atoms with Crippen molar-refractivity contribution in [2.75, 3.05) is 17.6 Å². The first-order chi connectivity index (χ1) is 11.8. The summed E-state index contributed by atoms with van der Waals surface area (Å²) in [6.45, 7) is 1.76. The second-order valence-electron chi connectivity index (χ2n) is 4.89. The minimum absolute atomic E-state index is 0.252. The van der Waals surface area contributed by atoms with E-state index >= 15 is 0 Å². The lowest BCUT2D eigenvalue weighted by Crippen LogP contribution is -2.15. The molecule has 1 aromatic heterocycles. The molecule has 0 atom stereocenters. The third-order valence-corrected chi connectivity index (χ3v) is 6.62. The van der Waals surface area contributed by atoms with Gasteiger partial charge in [0.1, 0.15) is 0 Å². The summed E-state index contributed by atoms with van der Waals surface area (Å²) in [5, 5.41) is 8.88. The molecular weight excluding hydrogens is 382 g/mol. The number of nitriles is 1. The van der Waals surface area contributed by atoms with Crippen molar-refractivity contribution in [3.8, 4) is 6.07 Å². The maximum Gasteiger partial charge on any atom is 0.337 e. The summed E-state index contributed by atoms with van der Waals surface area (Å²) in [5.41, 5.74) is 1.42. The fourth-order valence-electron chi connectivity index (χ4n) is 1.95. The van der Waals surface area contributed by atoms with Gasteiger partial charge in [-0.15, -0.1) is 0 Å². The predicted molar refractivity (Wildman–Crippen MR) is 97.2 cm³/mol. The second-order valence-corrected chi connectivity index (χ2v) is 8.86. The normalized spacial score (nSPS) is 10.9. The molecule has 1 N–H and O–H groups in total. The standard InChI is InChI=1S/C15H15N3O4S3/c1-10-14(23-7-6-16)24-15(17-10)18-25(20,21)9-11-4-3-5-12(8-11)13(19)22-2/h3-5,8H,7,9H2,1-2H3,(H,17,18). The van der Waals surface area contributed by atoms with Crippen LogP contribution in [-0.2, 0) is 20.5 Å². The minimum atomic E-state index is -3.69. The van der Waals surface area contributed by atoms with Gasteiger partial charge < -0.3 is 4.74 Å². The van der Waals surface area contributed by atoms with Gasteiger partial charge in [0, 0.05) is 0 Å². The van der Waals surface area contributed by atoms with Crippen LogP contribution in [0.3, 0.4) is 0 Å². The van der Waals surface area contributed by atoms with E-state index in [0.717, 1.165) is 4.21 Å². The van der Waals surface area contributed by atoms with Gasteiger partial charge in [-0.3, -0.25) is 4.72 Å². The molecule has 2 aromatic rings. The molecule has 0 radical (unpaired) electrons. The molecule has 0 spiro atoms. The third kappa shape index (κ3) is 5.45. The van der Waals surface area contributed by atoms with Crippen molar-refractivity contribution in [1.82, 2.24) is 4.98 Å². The van der Waals surface area contributed by atoms with Gasteiger partial charge in [0.2, 0.25) is 10.0 Å². The summed E-state index contributed by atoms with van der Waals surface area (Å²) >= 11 is 2.50. The van der Waals surface area contributed by atoms with E-state index < -0.39 is 16.0 Å². The maximum absolute atomic E-state index is 12.3. The number of esters is 1. The number of nitrogens with zero attached hydrogens (tertiary/aromatic N) is 2. The van der Waals surface area contributed by atoms with Crippen LogP contribution in [0.4, 0.5) is 5.13 Å². The Morgan fingerprint density at radius 3 is 2.92 bits per heavy atom. The highest BCUT2D eigenvalue weighted by Crippen LogP contribution is 2.32. The number of nitrogens with one attached hydrogen (secondary N) is 1. The molecule has 0 aliphatic heterocycles. The van der Waals surface area contributed by atoms with Crippen molar-refractivity contribution in [3.63, 3.8) is 0 Å². The van der Waals surface area contributed by atoms with E-state index in [0.29, 0.717) is 11.3 Å². The monoisotopic (exact) mass is 397 g/mol. The number of thioether (sulfide) groups is 1. The molecule has 0 bridgehead atoms. The first-order valence-electron chi connectivity index (χ1n) is 6.99. The Labute approximate surface area is 154 Å². The number of thiazole rings is 1. The molecular formula is C15H15N3O4S3. The molecule has 0 saturated heterocycles. The molecule has 1 heterocycles. The molecule has 0 amide bonds. The fourth-order valence-corrected chi connectivity index (χ4v) is 5.15. The predicted octanol–water partition coefficient (Wildman–Crippen LogP) is 2.80. The lowest BCUT2D eigenvalue weighted by Gasteiger charge is -2.06. The fraction of sp³-hybridized carbons (Fsp3) is 0.267. The zero-order chi connectivity index (χ0) is 18.4. The number of hydrogen-bond donors (Lipinski definition) is 1. The molecule has 2 rings (SSSR count). The summed E-state index contributed by atoms with van der Waals surface area (Å²) in [5.74, 6) is -0.547. The van der Waals surface area contributed by atoms with E-state index in [1.54, 1.807) is 25.1 Å². The van der Waals surface area contributed by atoms with Crippen molar-refractivity contribution >= 4 is 44.2 Å². The summed E-state index contributed by atoms with van der Waals surface area (Å²) < 4.78 is 32.5. The molecule has 1 aromatic carbocycles. The van der Waals surface area contributed by atoms with Crippen LogP contribution in [0.5, 0.6) is 0 Å². The number of rotatable bonds is 7. The first-order valence-corrected chi connectivity index (χ1v) is 10.4. The van der Waals surface area contributed by atoms with Crippen molar-refractivity contribution in [2.24, 2.45) is 0 Å². The highest BCUT2D eigenvalue weighted by Gasteiger charge is 2.17. The van der Waals surface area contributed by atoms with E-state index in [-0.39, 0.29) is 22.2 Å². The SMILES string of the molecule is COC(=O)c1cccc(CS(=O)(=O)Nc2nc(C)c(SCC#N)s2)c1. The summed E-state index contributed by atoms with van der Waals surface area (Å²) in [7, 11) is -2.43. The van der Waals surface area contributed by atoms with Crippen LogP contribution in [0.25, 0.3) is 0 Å². The summed E-state index contributed by atoms with van der Waals surface area (Å²) in [6, 6.07) is 8.27.